The second-order valence-corrected chi connectivity index (χ2v) is 8.13. The van der Waals surface area contributed by atoms with Crippen LogP contribution in [0.2, 0.25) is 0 Å². The van der Waals surface area contributed by atoms with Crippen molar-refractivity contribution in [3.63, 3.8) is 0 Å². The van der Waals surface area contributed by atoms with Gasteiger partial charge in [-0.1, -0.05) is 19.1 Å². The average Bonchev–Trinajstić information content (AvgIpc) is 2.43. The summed E-state index contributed by atoms with van der Waals surface area (Å²) in [6, 6.07) is 5.41. The third kappa shape index (κ3) is 5.31. The zero-order valence-electron chi connectivity index (χ0n) is 13.3. The molecular weight excluding hydrogens is 306 g/mol. The van der Waals surface area contributed by atoms with Crippen molar-refractivity contribution < 1.29 is 23.1 Å². The highest BCUT2D eigenvalue weighted by atomic mass is 32.2. The molecule has 0 fully saturated rings. The highest BCUT2D eigenvalue weighted by Gasteiger charge is 2.20. The van der Waals surface area contributed by atoms with Crippen molar-refractivity contribution in [2.24, 2.45) is 0 Å². The van der Waals surface area contributed by atoms with Crippen LogP contribution < -0.4 is 5.32 Å². The molecule has 1 atom stereocenters. The summed E-state index contributed by atoms with van der Waals surface area (Å²) in [6.45, 7) is 6.48. The summed E-state index contributed by atoms with van der Waals surface area (Å²) in [5.41, 5.74) is -0.0354. The molecule has 1 amide bonds. The van der Waals surface area contributed by atoms with Crippen LogP contribution in [-0.4, -0.2) is 37.6 Å². The van der Waals surface area contributed by atoms with Gasteiger partial charge in [-0.2, -0.15) is 0 Å². The van der Waals surface area contributed by atoms with Gasteiger partial charge < -0.3 is 15.2 Å². The predicted molar refractivity (Wildman–Crippen MR) is 83.4 cm³/mol. The Kier molecular flexibility index (Phi) is 5.96. The Balaban J connectivity index is 2.86. The molecule has 0 aliphatic heterocycles. The van der Waals surface area contributed by atoms with E-state index in [4.69, 9.17) is 4.74 Å². The number of nitrogens with one attached hydrogen (secondary N) is 1. The standard InChI is InChI=1S/C15H23NO5S/c1-5-22(19,20)12-8-6-11(7-9-12)13(10-17)16-14(18)21-15(2,3)4/h6-9,13,17H,5,10H2,1-4H3,(H,16,18). The highest BCUT2D eigenvalue weighted by molar-refractivity contribution is 7.91. The van der Waals surface area contributed by atoms with Gasteiger partial charge in [-0.05, 0) is 38.5 Å². The van der Waals surface area contributed by atoms with Crippen molar-refractivity contribution in [3.8, 4) is 0 Å². The lowest BCUT2D eigenvalue weighted by Gasteiger charge is -2.23. The Labute approximate surface area is 131 Å². The van der Waals surface area contributed by atoms with E-state index in [0.29, 0.717) is 5.56 Å². The first kappa shape index (κ1) is 18.4. The summed E-state index contributed by atoms with van der Waals surface area (Å²) in [4.78, 5) is 11.9. The lowest BCUT2D eigenvalue weighted by molar-refractivity contribution is 0.0482. The molecule has 0 saturated carbocycles. The van der Waals surface area contributed by atoms with Gasteiger partial charge in [0.2, 0.25) is 0 Å². The van der Waals surface area contributed by atoms with Crippen LogP contribution in [0.25, 0.3) is 0 Å². The molecule has 0 spiro atoms. The molecule has 22 heavy (non-hydrogen) atoms. The van der Waals surface area contributed by atoms with E-state index in [1.165, 1.54) is 12.1 Å². The maximum Gasteiger partial charge on any atom is 0.408 e. The quantitative estimate of drug-likeness (QED) is 0.862. The van der Waals surface area contributed by atoms with Crippen LogP contribution in [0.3, 0.4) is 0 Å². The molecule has 0 aliphatic carbocycles. The minimum Gasteiger partial charge on any atom is -0.444 e. The lowest BCUT2D eigenvalue weighted by Crippen LogP contribution is -2.36. The van der Waals surface area contributed by atoms with Gasteiger partial charge in [-0.3, -0.25) is 0 Å². The van der Waals surface area contributed by atoms with Crippen molar-refractivity contribution in [1.82, 2.24) is 5.32 Å². The highest BCUT2D eigenvalue weighted by Crippen LogP contribution is 2.18. The van der Waals surface area contributed by atoms with Gasteiger partial charge in [0.05, 0.1) is 23.3 Å². The number of sulfone groups is 1. The number of carbonyl (C=O) groups is 1. The first-order valence-electron chi connectivity index (χ1n) is 7.02. The van der Waals surface area contributed by atoms with Gasteiger partial charge in [-0.25, -0.2) is 13.2 Å². The second-order valence-electron chi connectivity index (χ2n) is 5.85. The van der Waals surface area contributed by atoms with E-state index in [1.807, 2.05) is 0 Å². The fourth-order valence-electron chi connectivity index (χ4n) is 1.76. The molecule has 6 nitrogen and oxygen atoms in total. The maximum absolute atomic E-state index is 11.7. The van der Waals surface area contributed by atoms with E-state index in [2.05, 4.69) is 5.32 Å². The number of aliphatic hydroxyl groups excluding tert-OH is 1. The van der Waals surface area contributed by atoms with E-state index in [-0.39, 0.29) is 17.3 Å². The van der Waals surface area contributed by atoms with Crippen LogP contribution >= 0.6 is 0 Å². The molecule has 1 rings (SSSR count). The van der Waals surface area contributed by atoms with Crippen molar-refractivity contribution in [2.45, 2.75) is 44.2 Å². The lowest BCUT2D eigenvalue weighted by atomic mass is 10.1. The Bertz CT molecular complexity index is 602. The summed E-state index contributed by atoms with van der Waals surface area (Å²) in [6.07, 6.45) is -0.642. The summed E-state index contributed by atoms with van der Waals surface area (Å²) >= 11 is 0. The molecule has 1 unspecified atom stereocenters. The van der Waals surface area contributed by atoms with Crippen LogP contribution in [0, 0.1) is 0 Å². The van der Waals surface area contributed by atoms with Crippen LogP contribution in [0.4, 0.5) is 4.79 Å². The largest absolute Gasteiger partial charge is 0.444 e. The monoisotopic (exact) mass is 329 g/mol. The topological polar surface area (TPSA) is 92.7 Å². The van der Waals surface area contributed by atoms with Gasteiger partial charge in [-0.15, -0.1) is 0 Å². The number of amides is 1. The third-order valence-corrected chi connectivity index (χ3v) is 4.65. The van der Waals surface area contributed by atoms with Crippen molar-refractivity contribution >= 4 is 15.9 Å². The number of benzene rings is 1. The Hall–Kier alpha value is -1.60. The zero-order valence-corrected chi connectivity index (χ0v) is 14.1. The first-order chi connectivity index (χ1) is 10.1. The summed E-state index contributed by atoms with van der Waals surface area (Å²) in [5, 5.41) is 12.0. The molecule has 0 aliphatic rings. The minimum atomic E-state index is -3.27. The van der Waals surface area contributed by atoms with E-state index in [0.717, 1.165) is 0 Å². The number of alkyl carbamates (subject to hydrolysis) is 1. The Morgan fingerprint density at radius 3 is 2.23 bits per heavy atom. The molecule has 1 aromatic carbocycles. The molecule has 0 saturated heterocycles. The number of rotatable bonds is 5. The molecule has 7 heteroatoms. The number of aliphatic hydroxyl groups is 1. The Morgan fingerprint density at radius 2 is 1.82 bits per heavy atom. The average molecular weight is 329 g/mol. The number of hydrogen-bond acceptors (Lipinski definition) is 5. The zero-order chi connectivity index (χ0) is 17.0. The molecule has 124 valence electrons. The van der Waals surface area contributed by atoms with Crippen LogP contribution in [0.15, 0.2) is 29.2 Å². The van der Waals surface area contributed by atoms with Crippen molar-refractivity contribution in [2.75, 3.05) is 12.4 Å². The van der Waals surface area contributed by atoms with Crippen LogP contribution in [-0.2, 0) is 14.6 Å². The first-order valence-corrected chi connectivity index (χ1v) is 8.67. The molecule has 0 aromatic heterocycles. The maximum atomic E-state index is 11.7. The predicted octanol–water partition coefficient (Wildman–Crippen LogP) is 2.04. The normalized spacial score (nSPS) is 13.5. The number of ether oxygens (including phenoxy) is 1. The summed E-state index contributed by atoms with van der Waals surface area (Å²) in [7, 11) is -3.27. The fraction of sp³-hybridized carbons (Fsp3) is 0.533. The Morgan fingerprint density at radius 1 is 1.27 bits per heavy atom. The molecule has 0 radical (unpaired) electrons. The second kappa shape index (κ2) is 7.11. The van der Waals surface area contributed by atoms with Gasteiger partial charge in [0.1, 0.15) is 5.60 Å². The molecule has 0 bridgehead atoms. The van der Waals surface area contributed by atoms with E-state index < -0.39 is 27.6 Å². The van der Waals surface area contributed by atoms with E-state index in [1.54, 1.807) is 39.8 Å². The van der Waals surface area contributed by atoms with Gasteiger partial charge in [0, 0.05) is 0 Å². The van der Waals surface area contributed by atoms with Crippen LogP contribution in [0.5, 0.6) is 0 Å². The van der Waals surface area contributed by atoms with Crippen molar-refractivity contribution in [1.29, 1.82) is 0 Å². The SMILES string of the molecule is CCS(=O)(=O)c1ccc(C(CO)NC(=O)OC(C)(C)C)cc1. The molecule has 0 heterocycles. The molecular formula is C15H23NO5S. The minimum absolute atomic E-state index is 0.0198. The number of hydrogen-bond donors (Lipinski definition) is 2. The summed E-state index contributed by atoms with van der Waals surface area (Å²) < 4.78 is 28.6. The fourth-order valence-corrected chi connectivity index (χ4v) is 2.64. The van der Waals surface area contributed by atoms with Gasteiger partial charge >= 0.3 is 6.09 Å². The molecule has 2 N–H and O–H groups in total. The van der Waals surface area contributed by atoms with Crippen molar-refractivity contribution in [3.05, 3.63) is 29.8 Å². The third-order valence-electron chi connectivity index (χ3n) is 2.90. The van der Waals surface area contributed by atoms with Gasteiger partial charge in [0.25, 0.3) is 0 Å². The van der Waals surface area contributed by atoms with E-state index in [9.17, 15) is 18.3 Å². The molecule has 1 aromatic rings. The summed E-state index contributed by atoms with van der Waals surface area (Å²) in [5.74, 6) is 0.0198. The number of carbonyl (C=O) groups excluding carboxylic acids is 1. The van der Waals surface area contributed by atoms with Crippen LogP contribution in [0.1, 0.15) is 39.3 Å². The smallest absolute Gasteiger partial charge is 0.408 e. The van der Waals surface area contributed by atoms with E-state index >= 15 is 0 Å². The van der Waals surface area contributed by atoms with Gasteiger partial charge in [0.15, 0.2) is 9.84 Å².